The van der Waals surface area contributed by atoms with E-state index < -0.39 is 12.1 Å². The van der Waals surface area contributed by atoms with E-state index in [0.717, 1.165) is 27.7 Å². The molecule has 1 aromatic heterocycles. The SMILES string of the molecule is Cc1cccc2c3nn(C4CCOCC4O)c(=O)c-3nn(Cc3ccc(-n4cccn4)cc3)c12. The molecule has 2 atom stereocenters. The highest BCUT2D eigenvalue weighted by Crippen LogP contribution is 2.30. The van der Waals surface area contributed by atoms with E-state index in [9.17, 15) is 9.90 Å². The van der Waals surface area contributed by atoms with E-state index in [2.05, 4.69) is 10.2 Å². The first kappa shape index (κ1) is 20.8. The lowest BCUT2D eigenvalue weighted by molar-refractivity contribution is -0.0423. The summed E-state index contributed by atoms with van der Waals surface area (Å²) in [4.78, 5) is 13.3. The van der Waals surface area contributed by atoms with Gasteiger partial charge in [-0.25, -0.2) is 9.36 Å². The van der Waals surface area contributed by atoms with Gasteiger partial charge in [0, 0.05) is 24.4 Å². The van der Waals surface area contributed by atoms with Crippen molar-refractivity contribution in [3.05, 3.63) is 82.4 Å². The van der Waals surface area contributed by atoms with Gasteiger partial charge < -0.3 is 9.84 Å². The Hall–Kier alpha value is -3.82. The second-order valence-electron chi connectivity index (χ2n) is 8.69. The van der Waals surface area contributed by atoms with Crippen molar-refractivity contribution in [1.29, 1.82) is 0 Å². The zero-order valence-corrected chi connectivity index (χ0v) is 18.7. The van der Waals surface area contributed by atoms with Crippen LogP contribution < -0.4 is 5.56 Å². The van der Waals surface area contributed by atoms with Crippen LogP contribution in [-0.4, -0.2) is 53.8 Å². The van der Waals surface area contributed by atoms with Gasteiger partial charge in [-0.2, -0.15) is 15.3 Å². The number of hydrogen-bond acceptors (Lipinski definition) is 6. The Morgan fingerprint density at radius 2 is 1.94 bits per heavy atom. The highest BCUT2D eigenvalue weighted by atomic mass is 16.5. The van der Waals surface area contributed by atoms with Crippen molar-refractivity contribution in [3.8, 4) is 17.1 Å². The molecule has 0 saturated carbocycles. The van der Waals surface area contributed by atoms with Crippen molar-refractivity contribution >= 4 is 10.9 Å². The fraction of sp³-hybridized carbons (Fsp3) is 0.280. The number of benzene rings is 2. The highest BCUT2D eigenvalue weighted by Gasteiger charge is 2.31. The lowest BCUT2D eigenvalue weighted by Crippen LogP contribution is -2.38. The predicted molar refractivity (Wildman–Crippen MR) is 126 cm³/mol. The molecule has 1 saturated heterocycles. The molecule has 3 aliphatic heterocycles. The number of aliphatic hydroxyl groups excluding tert-OH is 1. The van der Waals surface area contributed by atoms with Crippen LogP contribution >= 0.6 is 0 Å². The Balaban J connectivity index is 1.46. The van der Waals surface area contributed by atoms with E-state index in [0.29, 0.717) is 31.0 Å². The zero-order chi connectivity index (χ0) is 23.2. The van der Waals surface area contributed by atoms with Crippen molar-refractivity contribution in [1.82, 2.24) is 29.3 Å². The van der Waals surface area contributed by atoms with Crippen LogP contribution in [0.15, 0.2) is 65.7 Å². The number of hydrogen-bond donors (Lipinski definition) is 1. The third kappa shape index (κ3) is 3.41. The zero-order valence-electron chi connectivity index (χ0n) is 18.7. The Morgan fingerprint density at radius 3 is 2.71 bits per heavy atom. The van der Waals surface area contributed by atoms with E-state index in [-0.39, 0.29) is 12.2 Å². The van der Waals surface area contributed by atoms with Gasteiger partial charge in [0.05, 0.1) is 36.5 Å². The van der Waals surface area contributed by atoms with Crippen LogP contribution in [0, 0.1) is 6.92 Å². The largest absolute Gasteiger partial charge is 0.388 e. The second-order valence-corrected chi connectivity index (χ2v) is 8.69. The molecule has 6 rings (SSSR count). The van der Waals surface area contributed by atoms with E-state index >= 15 is 0 Å². The number of aliphatic hydroxyl groups is 1. The third-order valence-corrected chi connectivity index (χ3v) is 6.46. The van der Waals surface area contributed by atoms with Gasteiger partial charge >= 0.3 is 0 Å². The van der Waals surface area contributed by atoms with E-state index in [1.54, 1.807) is 6.20 Å². The molecule has 9 nitrogen and oxygen atoms in total. The fourth-order valence-corrected chi connectivity index (χ4v) is 4.73. The minimum absolute atomic E-state index is 0.197. The number of para-hydroxylation sites is 1. The van der Waals surface area contributed by atoms with Crippen molar-refractivity contribution < 1.29 is 9.84 Å². The van der Waals surface area contributed by atoms with Crippen LogP contribution in [0.25, 0.3) is 28.0 Å². The lowest BCUT2D eigenvalue weighted by atomic mass is 10.1. The summed E-state index contributed by atoms with van der Waals surface area (Å²) in [6, 6.07) is 15.6. The molecule has 0 aliphatic carbocycles. The van der Waals surface area contributed by atoms with Gasteiger partial charge in [-0.1, -0.05) is 30.3 Å². The van der Waals surface area contributed by atoms with Crippen LogP contribution in [0.4, 0.5) is 0 Å². The molecule has 0 bridgehead atoms. The molecular weight excluding hydrogens is 432 g/mol. The van der Waals surface area contributed by atoms with Crippen LogP contribution in [0.5, 0.6) is 0 Å². The summed E-state index contributed by atoms with van der Waals surface area (Å²) < 4.78 is 10.4. The number of aromatic nitrogens is 6. The second kappa shape index (κ2) is 8.19. The summed E-state index contributed by atoms with van der Waals surface area (Å²) in [6.45, 7) is 3.22. The molecule has 2 unspecified atom stereocenters. The maximum atomic E-state index is 13.3. The van der Waals surface area contributed by atoms with Crippen LogP contribution in [0.2, 0.25) is 0 Å². The molecule has 2 aromatic carbocycles. The average Bonchev–Trinajstić information content (AvgIpc) is 3.49. The van der Waals surface area contributed by atoms with Gasteiger partial charge in [0.15, 0.2) is 5.69 Å². The summed E-state index contributed by atoms with van der Waals surface area (Å²) in [5, 5.41) is 25.0. The number of aryl methyl sites for hydroxylation is 1. The molecule has 4 heterocycles. The monoisotopic (exact) mass is 456 g/mol. The maximum absolute atomic E-state index is 13.3. The van der Waals surface area contributed by atoms with Crippen molar-refractivity contribution in [2.75, 3.05) is 13.2 Å². The summed E-state index contributed by atoms with van der Waals surface area (Å²) >= 11 is 0. The van der Waals surface area contributed by atoms with Crippen LogP contribution in [-0.2, 0) is 11.3 Å². The van der Waals surface area contributed by atoms with Crippen LogP contribution in [0.1, 0.15) is 23.6 Å². The summed E-state index contributed by atoms with van der Waals surface area (Å²) in [5.41, 5.74) is 4.60. The summed E-state index contributed by atoms with van der Waals surface area (Å²) in [6.07, 6.45) is 3.41. The normalized spacial score (nSPS) is 18.6. The minimum atomic E-state index is -0.774. The molecule has 0 amide bonds. The molecule has 0 spiro atoms. The number of nitrogens with zero attached hydrogens (tertiary/aromatic N) is 6. The molecule has 172 valence electrons. The molecular formula is C25H24N6O3. The van der Waals surface area contributed by atoms with Crippen LogP contribution in [0.3, 0.4) is 0 Å². The first-order valence-corrected chi connectivity index (χ1v) is 11.3. The van der Waals surface area contributed by atoms with E-state index in [1.165, 1.54) is 4.68 Å². The molecule has 3 aromatic rings. The Bertz CT molecular complexity index is 1490. The molecule has 1 fully saturated rings. The Kier molecular flexibility index (Phi) is 5.00. The lowest BCUT2D eigenvalue weighted by Gasteiger charge is -2.27. The van der Waals surface area contributed by atoms with Gasteiger partial charge in [0.1, 0.15) is 5.69 Å². The molecule has 3 aliphatic rings. The van der Waals surface area contributed by atoms with Gasteiger partial charge in [-0.05, 0) is 42.7 Å². The van der Waals surface area contributed by atoms with Gasteiger partial charge in [-0.3, -0.25) is 9.48 Å². The summed E-state index contributed by atoms with van der Waals surface area (Å²) in [5.74, 6) is 0. The number of ether oxygens (including phenoxy) is 1. The maximum Gasteiger partial charge on any atom is 0.297 e. The molecule has 34 heavy (non-hydrogen) atoms. The van der Waals surface area contributed by atoms with E-state index in [4.69, 9.17) is 9.84 Å². The third-order valence-electron chi connectivity index (χ3n) is 6.46. The molecule has 9 heteroatoms. The predicted octanol–water partition coefficient (Wildman–Crippen LogP) is 2.56. The number of fused-ring (bicyclic) bond motifs is 3. The van der Waals surface area contributed by atoms with Gasteiger partial charge in [0.25, 0.3) is 5.56 Å². The summed E-state index contributed by atoms with van der Waals surface area (Å²) in [7, 11) is 0. The first-order valence-electron chi connectivity index (χ1n) is 11.3. The van der Waals surface area contributed by atoms with Crippen molar-refractivity contribution in [2.24, 2.45) is 0 Å². The van der Waals surface area contributed by atoms with Gasteiger partial charge in [-0.15, -0.1) is 0 Å². The Morgan fingerprint density at radius 1 is 1.09 bits per heavy atom. The van der Waals surface area contributed by atoms with Crippen molar-refractivity contribution in [3.63, 3.8) is 0 Å². The molecule has 0 radical (unpaired) electrons. The van der Waals surface area contributed by atoms with Gasteiger partial charge in [0.2, 0.25) is 0 Å². The minimum Gasteiger partial charge on any atom is -0.388 e. The highest BCUT2D eigenvalue weighted by molar-refractivity contribution is 5.93. The topological polar surface area (TPSA) is 100.0 Å². The average molecular weight is 457 g/mol. The smallest absolute Gasteiger partial charge is 0.297 e. The Labute approximate surface area is 195 Å². The standard InChI is InChI=1S/C25H24N6O3/c1-16-4-2-5-19-22-23(25(33)31(28-22)20-10-13-34-15-21(20)32)27-30(24(16)19)14-17-6-8-18(9-7-17)29-12-3-11-26-29/h2-9,11-12,20-21,32H,10,13-15H2,1H3. The van der Waals surface area contributed by atoms with Crippen molar-refractivity contribution in [2.45, 2.75) is 32.0 Å². The number of rotatable bonds is 4. The quantitative estimate of drug-likeness (QED) is 0.446. The first-order chi connectivity index (χ1) is 16.6. The van der Waals surface area contributed by atoms with E-state index in [1.807, 2.05) is 71.0 Å². The fourth-order valence-electron chi connectivity index (χ4n) is 4.73. The molecule has 1 N–H and O–H groups in total.